The minimum Gasteiger partial charge on any atom is -0.302 e. The highest BCUT2D eigenvalue weighted by molar-refractivity contribution is 9.10. The molecule has 10 heteroatoms. The summed E-state index contributed by atoms with van der Waals surface area (Å²) in [4.78, 5) is 10.1. The second kappa shape index (κ2) is 6.43. The van der Waals surface area contributed by atoms with Crippen LogP contribution in [0.3, 0.4) is 0 Å². The van der Waals surface area contributed by atoms with Crippen LogP contribution in [0.4, 0.5) is 0 Å². The standard InChI is InChI=1S/C16H14BrN7S2/c1-23-14-12(13(17)22-23)15(19-8-18-14)26-16-21-20-11(24(16)9-4-5-9)7-10-3-2-6-25-10/h2-3,6,8-9H,4-5,7H2,1H3. The van der Waals surface area contributed by atoms with Crippen molar-refractivity contribution in [2.75, 3.05) is 0 Å². The Morgan fingerprint density at radius 1 is 1.31 bits per heavy atom. The van der Waals surface area contributed by atoms with Crippen LogP contribution in [0.2, 0.25) is 0 Å². The van der Waals surface area contributed by atoms with Crippen molar-refractivity contribution in [1.29, 1.82) is 0 Å². The Labute approximate surface area is 166 Å². The van der Waals surface area contributed by atoms with Crippen molar-refractivity contribution in [2.24, 2.45) is 7.05 Å². The average Bonchev–Trinajstić information content (AvgIpc) is 3.05. The summed E-state index contributed by atoms with van der Waals surface area (Å²) in [6.07, 6.45) is 4.75. The van der Waals surface area contributed by atoms with E-state index in [9.17, 15) is 0 Å². The topological polar surface area (TPSA) is 74.3 Å². The third-order valence-electron chi connectivity index (χ3n) is 4.29. The summed E-state index contributed by atoms with van der Waals surface area (Å²) in [5, 5.41) is 18.1. The molecule has 0 bridgehead atoms. The molecule has 0 unspecified atom stereocenters. The van der Waals surface area contributed by atoms with Gasteiger partial charge >= 0.3 is 0 Å². The molecule has 0 aliphatic heterocycles. The minimum absolute atomic E-state index is 0.497. The minimum atomic E-state index is 0.497. The first-order valence-electron chi connectivity index (χ1n) is 8.18. The van der Waals surface area contributed by atoms with Crippen LogP contribution in [0.5, 0.6) is 0 Å². The fourth-order valence-electron chi connectivity index (χ4n) is 2.95. The SMILES string of the molecule is Cn1nc(Br)c2c(Sc3nnc(Cc4cccs4)n3C3CC3)ncnc21. The molecule has 4 aromatic rings. The van der Waals surface area contributed by atoms with Crippen LogP contribution in [0, 0.1) is 0 Å². The second-order valence-electron chi connectivity index (χ2n) is 6.15. The van der Waals surface area contributed by atoms with E-state index in [1.54, 1.807) is 22.3 Å². The lowest BCUT2D eigenvalue weighted by Gasteiger charge is -2.08. The van der Waals surface area contributed by atoms with Gasteiger partial charge in [0.05, 0.1) is 5.39 Å². The molecule has 0 spiro atoms. The maximum atomic E-state index is 4.48. The summed E-state index contributed by atoms with van der Waals surface area (Å²) in [5.74, 6) is 1.02. The molecule has 4 heterocycles. The maximum Gasteiger partial charge on any atom is 0.197 e. The van der Waals surface area contributed by atoms with E-state index < -0.39 is 0 Å². The number of aromatic nitrogens is 7. The number of thiophene rings is 1. The lowest BCUT2D eigenvalue weighted by atomic mass is 10.3. The van der Waals surface area contributed by atoms with Crippen molar-refractivity contribution in [3.05, 3.63) is 39.1 Å². The Bertz CT molecular complexity index is 1080. The fraction of sp³-hybridized carbons (Fsp3) is 0.312. The Morgan fingerprint density at radius 3 is 2.96 bits per heavy atom. The zero-order valence-electron chi connectivity index (χ0n) is 13.8. The van der Waals surface area contributed by atoms with E-state index in [2.05, 4.69) is 63.3 Å². The lowest BCUT2D eigenvalue weighted by molar-refractivity contribution is 0.634. The fourth-order valence-corrected chi connectivity index (χ4v) is 5.38. The number of halogens is 1. The monoisotopic (exact) mass is 447 g/mol. The number of aryl methyl sites for hydroxylation is 1. The first kappa shape index (κ1) is 16.4. The van der Waals surface area contributed by atoms with E-state index in [1.807, 2.05) is 7.05 Å². The van der Waals surface area contributed by atoms with Crippen molar-refractivity contribution in [2.45, 2.75) is 35.5 Å². The zero-order valence-corrected chi connectivity index (χ0v) is 17.1. The molecule has 0 saturated heterocycles. The predicted octanol–water partition coefficient (Wildman–Crippen LogP) is 3.86. The predicted molar refractivity (Wildman–Crippen MR) is 104 cm³/mol. The van der Waals surface area contributed by atoms with Gasteiger partial charge in [0.1, 0.15) is 21.8 Å². The van der Waals surface area contributed by atoms with Gasteiger partial charge in [-0.1, -0.05) is 6.07 Å². The van der Waals surface area contributed by atoms with Gasteiger partial charge in [-0.05, 0) is 52.0 Å². The van der Waals surface area contributed by atoms with Crippen molar-refractivity contribution in [3.8, 4) is 0 Å². The van der Waals surface area contributed by atoms with Crippen molar-refractivity contribution >= 4 is 50.1 Å². The Kier molecular flexibility index (Phi) is 4.06. The van der Waals surface area contributed by atoms with Crippen molar-refractivity contribution in [3.63, 3.8) is 0 Å². The first-order valence-corrected chi connectivity index (χ1v) is 10.7. The number of nitrogens with zero attached hydrogens (tertiary/aromatic N) is 7. The summed E-state index contributed by atoms with van der Waals surface area (Å²) in [5.41, 5.74) is 0.797. The Morgan fingerprint density at radius 2 is 2.19 bits per heavy atom. The van der Waals surface area contributed by atoms with E-state index in [-0.39, 0.29) is 0 Å². The number of hydrogen-bond donors (Lipinski definition) is 0. The zero-order chi connectivity index (χ0) is 17.7. The molecule has 0 amide bonds. The third kappa shape index (κ3) is 2.85. The quantitative estimate of drug-likeness (QED) is 0.432. The van der Waals surface area contributed by atoms with Crippen LogP contribution in [0.1, 0.15) is 29.6 Å². The summed E-state index contributed by atoms with van der Waals surface area (Å²) in [6.45, 7) is 0. The van der Waals surface area contributed by atoms with E-state index in [4.69, 9.17) is 0 Å². The van der Waals surface area contributed by atoms with Gasteiger partial charge in [0.25, 0.3) is 0 Å². The molecule has 1 saturated carbocycles. The molecule has 5 rings (SSSR count). The average molecular weight is 448 g/mol. The second-order valence-corrected chi connectivity index (χ2v) is 8.89. The molecule has 0 radical (unpaired) electrons. The molecule has 0 atom stereocenters. The Balaban J connectivity index is 1.54. The molecule has 1 fully saturated rings. The number of fused-ring (bicyclic) bond motifs is 1. The summed E-state index contributed by atoms with van der Waals surface area (Å²) < 4.78 is 4.77. The van der Waals surface area contributed by atoms with E-state index in [0.717, 1.165) is 38.1 Å². The largest absolute Gasteiger partial charge is 0.302 e. The van der Waals surface area contributed by atoms with Crippen LogP contribution in [0.25, 0.3) is 11.0 Å². The van der Waals surface area contributed by atoms with Crippen LogP contribution in [-0.2, 0) is 13.5 Å². The van der Waals surface area contributed by atoms with Crippen LogP contribution in [-0.4, -0.2) is 34.5 Å². The van der Waals surface area contributed by atoms with Gasteiger partial charge in [-0.3, -0.25) is 0 Å². The van der Waals surface area contributed by atoms with Crippen LogP contribution >= 0.6 is 39.0 Å². The molecule has 1 aliphatic carbocycles. The molecule has 26 heavy (non-hydrogen) atoms. The van der Waals surface area contributed by atoms with Crippen LogP contribution in [0.15, 0.2) is 38.6 Å². The summed E-state index contributed by atoms with van der Waals surface area (Å²) in [7, 11) is 1.88. The van der Waals surface area contributed by atoms with Gasteiger partial charge in [-0.2, -0.15) is 5.10 Å². The van der Waals surface area contributed by atoms with Gasteiger partial charge in [0.15, 0.2) is 10.8 Å². The third-order valence-corrected chi connectivity index (χ3v) is 6.69. The molecule has 1 aliphatic rings. The van der Waals surface area contributed by atoms with E-state index in [0.29, 0.717) is 6.04 Å². The number of rotatable bonds is 5. The first-order chi connectivity index (χ1) is 12.7. The van der Waals surface area contributed by atoms with Crippen molar-refractivity contribution < 1.29 is 0 Å². The van der Waals surface area contributed by atoms with Gasteiger partial charge in [0.2, 0.25) is 0 Å². The van der Waals surface area contributed by atoms with Gasteiger partial charge < -0.3 is 4.57 Å². The number of hydrogen-bond acceptors (Lipinski definition) is 7. The molecular formula is C16H14BrN7S2. The van der Waals surface area contributed by atoms with E-state index >= 15 is 0 Å². The summed E-state index contributed by atoms with van der Waals surface area (Å²) in [6, 6.07) is 4.71. The molecule has 0 N–H and O–H groups in total. The highest BCUT2D eigenvalue weighted by Gasteiger charge is 2.30. The lowest BCUT2D eigenvalue weighted by Crippen LogP contribution is -2.03. The molecular weight excluding hydrogens is 434 g/mol. The molecule has 0 aromatic carbocycles. The molecule has 7 nitrogen and oxygen atoms in total. The molecule has 132 valence electrons. The normalized spacial score (nSPS) is 14.4. The highest BCUT2D eigenvalue weighted by atomic mass is 79.9. The summed E-state index contributed by atoms with van der Waals surface area (Å²) >= 11 is 6.80. The van der Waals surface area contributed by atoms with E-state index in [1.165, 1.54) is 29.5 Å². The van der Waals surface area contributed by atoms with Crippen molar-refractivity contribution in [1.82, 2.24) is 34.5 Å². The maximum absolute atomic E-state index is 4.48. The van der Waals surface area contributed by atoms with Crippen LogP contribution < -0.4 is 0 Å². The smallest absolute Gasteiger partial charge is 0.197 e. The van der Waals surface area contributed by atoms with Gasteiger partial charge in [0, 0.05) is 24.4 Å². The molecule has 4 aromatic heterocycles. The highest BCUT2D eigenvalue weighted by Crippen LogP contribution is 2.41. The Hall–Kier alpha value is -1.78. The van der Waals surface area contributed by atoms with Gasteiger partial charge in [-0.15, -0.1) is 21.5 Å². The van der Waals surface area contributed by atoms with Gasteiger partial charge in [-0.25, -0.2) is 14.6 Å².